The maximum absolute atomic E-state index is 13.9. The van der Waals surface area contributed by atoms with Crippen molar-refractivity contribution in [3.63, 3.8) is 0 Å². The second kappa shape index (κ2) is 17.3. The van der Waals surface area contributed by atoms with Crippen molar-refractivity contribution < 1.29 is 31.3 Å². The van der Waals surface area contributed by atoms with Crippen LogP contribution >= 0.6 is 11.6 Å². The molecule has 0 bridgehead atoms. The van der Waals surface area contributed by atoms with E-state index in [4.69, 9.17) is 16.3 Å². The van der Waals surface area contributed by atoms with E-state index in [0.29, 0.717) is 24.5 Å². The van der Waals surface area contributed by atoms with Crippen molar-refractivity contribution in [2.24, 2.45) is 5.41 Å². The van der Waals surface area contributed by atoms with Crippen molar-refractivity contribution >= 4 is 71.0 Å². The van der Waals surface area contributed by atoms with Crippen LogP contribution in [0.15, 0.2) is 95.7 Å². The summed E-state index contributed by atoms with van der Waals surface area (Å²) in [5.74, 6) is -0.687. The number of nitro benzene ring substituents is 1. The average Bonchev–Trinajstić information content (AvgIpc) is 3.71. The summed E-state index contributed by atoms with van der Waals surface area (Å²) in [4.78, 5) is 36.9. The largest absolute Gasteiger partial charge is 0.455 e. The van der Waals surface area contributed by atoms with Gasteiger partial charge in [-0.2, -0.15) is 0 Å². The summed E-state index contributed by atoms with van der Waals surface area (Å²) in [6, 6.07) is 19.6. The molecule has 0 atom stereocenters. The van der Waals surface area contributed by atoms with Crippen LogP contribution in [0.25, 0.3) is 16.6 Å². The maximum Gasteiger partial charge on any atom is 0.293 e. The number of sulfone groups is 1. The number of nitrogens with one attached hydrogen (secondary N) is 3. The lowest BCUT2D eigenvalue weighted by Gasteiger charge is -2.39. The fourth-order valence-electron chi connectivity index (χ4n) is 8.42. The normalized spacial score (nSPS) is 18.4. The van der Waals surface area contributed by atoms with Crippen LogP contribution < -0.4 is 19.7 Å². The predicted molar refractivity (Wildman–Crippen MR) is 240 cm³/mol. The van der Waals surface area contributed by atoms with E-state index in [1.54, 1.807) is 24.4 Å². The van der Waals surface area contributed by atoms with E-state index in [1.807, 2.05) is 18.2 Å². The van der Waals surface area contributed by atoms with Crippen LogP contribution in [0.4, 0.5) is 17.1 Å². The number of amides is 1. The number of halogens is 1. The van der Waals surface area contributed by atoms with Gasteiger partial charge in [0.05, 0.1) is 33.1 Å². The first-order valence-corrected chi connectivity index (χ1v) is 24.2. The Bertz CT molecular complexity index is 2770. The molecule has 3 aromatic carbocycles. The number of rotatable bonds is 12. The number of piperazine rings is 1. The number of aromatic amines is 1. The highest BCUT2D eigenvalue weighted by Gasteiger charge is 2.31. The van der Waals surface area contributed by atoms with Gasteiger partial charge in [-0.25, -0.2) is 26.5 Å². The molecule has 8 rings (SSSR count). The molecule has 2 aliphatic heterocycles. The zero-order valence-corrected chi connectivity index (χ0v) is 36.8. The Morgan fingerprint density at radius 1 is 1.02 bits per heavy atom. The van der Waals surface area contributed by atoms with E-state index < -0.39 is 41.3 Å². The third kappa shape index (κ3) is 9.91. The number of pyridine rings is 1. The topological polar surface area (TPSA) is 197 Å². The Kier molecular flexibility index (Phi) is 12.1. The van der Waals surface area contributed by atoms with Crippen LogP contribution in [0.2, 0.25) is 5.02 Å². The minimum atomic E-state index is -4.63. The number of nitro groups is 1. The van der Waals surface area contributed by atoms with E-state index in [-0.39, 0.29) is 52.8 Å². The Morgan fingerprint density at radius 2 is 1.76 bits per heavy atom. The van der Waals surface area contributed by atoms with Crippen molar-refractivity contribution in [3.05, 3.63) is 117 Å². The second-order valence-corrected chi connectivity index (χ2v) is 21.4. The molecular formula is C44H48ClN7O8S2. The molecule has 2 fully saturated rings. The fraction of sp³-hybridized carbons (Fsp3) is 0.364. The highest BCUT2D eigenvalue weighted by atomic mass is 35.5. The first-order valence-electron chi connectivity index (χ1n) is 20.5. The maximum atomic E-state index is 13.9. The van der Waals surface area contributed by atoms with Gasteiger partial charge in [-0.15, -0.1) is 0 Å². The van der Waals surface area contributed by atoms with E-state index in [9.17, 15) is 31.7 Å². The fourth-order valence-corrected chi connectivity index (χ4v) is 11.0. The number of carbonyl (C=O) groups excluding carboxylic acids is 1. The molecule has 0 unspecified atom stereocenters. The van der Waals surface area contributed by atoms with Crippen LogP contribution in [-0.4, -0.2) is 92.8 Å². The lowest BCUT2D eigenvalue weighted by Crippen LogP contribution is -2.47. The Balaban J connectivity index is 1.01. The standard InChI is InChI=1S/C44H48ClN7O8S2/c1-44(2)15-11-31(38(26-44)29-3-5-32(45)6-4-29)28-50-17-19-51(20-18-50)34-7-9-37(41(24-34)60-35-23-30-12-16-46-42(30)47-27-35)43(53)49-62(58,59)36-8-10-39(40(25-36)52(54)55)48-33-13-21-61(56,57)22-14-33/h3-10,12,16,23-25,27,33,48H,11,13-15,17-22,26,28H2,1-2H3,(H,46,47)(H,49,53). The van der Waals surface area contributed by atoms with Gasteiger partial charge in [0, 0.05) is 73.2 Å². The molecule has 0 spiro atoms. The molecule has 18 heteroatoms. The molecule has 1 aliphatic carbocycles. The number of fused-ring (bicyclic) bond motifs is 1. The van der Waals surface area contributed by atoms with Gasteiger partial charge in [0.25, 0.3) is 21.6 Å². The molecule has 5 aromatic rings. The first kappa shape index (κ1) is 43.2. The quantitative estimate of drug-likeness (QED) is 0.0813. The molecule has 3 aliphatic rings. The van der Waals surface area contributed by atoms with Gasteiger partial charge >= 0.3 is 0 Å². The highest BCUT2D eigenvalue weighted by molar-refractivity contribution is 7.91. The molecule has 3 N–H and O–H groups in total. The SMILES string of the molecule is CC1(C)CCC(CN2CCN(c3ccc(C(=O)NS(=O)(=O)c4ccc(NC5CCS(=O)(=O)CC5)c([N+](=O)[O-])c4)c(Oc4cnc5[nH]ccc5c4)c3)CC2)=C(c2ccc(Cl)cc2)C1. The number of anilines is 2. The molecule has 326 valence electrons. The monoisotopic (exact) mass is 901 g/mol. The minimum Gasteiger partial charge on any atom is -0.455 e. The van der Waals surface area contributed by atoms with Crippen LogP contribution in [-0.2, 0) is 19.9 Å². The smallest absolute Gasteiger partial charge is 0.293 e. The van der Waals surface area contributed by atoms with Crippen molar-refractivity contribution in [1.82, 2.24) is 19.6 Å². The number of ether oxygens (including phenoxy) is 1. The van der Waals surface area contributed by atoms with Gasteiger partial charge in [0.2, 0.25) is 0 Å². The van der Waals surface area contributed by atoms with Gasteiger partial charge in [-0.05, 0) is 97.2 Å². The summed E-state index contributed by atoms with van der Waals surface area (Å²) in [6.45, 7) is 8.52. The molecule has 15 nitrogen and oxygen atoms in total. The van der Waals surface area contributed by atoms with Crippen molar-refractivity contribution in [2.75, 3.05) is 54.4 Å². The van der Waals surface area contributed by atoms with Crippen molar-refractivity contribution in [1.29, 1.82) is 0 Å². The number of hydrogen-bond acceptors (Lipinski definition) is 12. The molecule has 62 heavy (non-hydrogen) atoms. The van der Waals surface area contributed by atoms with Crippen LogP contribution in [0.3, 0.4) is 0 Å². The number of hydrogen-bond donors (Lipinski definition) is 3. The average molecular weight is 902 g/mol. The lowest BCUT2D eigenvalue weighted by molar-refractivity contribution is -0.384. The second-order valence-electron chi connectivity index (χ2n) is 17.0. The predicted octanol–water partition coefficient (Wildman–Crippen LogP) is 7.81. The zero-order valence-electron chi connectivity index (χ0n) is 34.4. The molecule has 0 saturated carbocycles. The number of carbonyl (C=O) groups is 1. The number of H-pyrrole nitrogens is 1. The minimum absolute atomic E-state index is 0.0440. The van der Waals surface area contributed by atoms with Crippen LogP contribution in [0.1, 0.15) is 61.9 Å². The van der Waals surface area contributed by atoms with Gasteiger partial charge < -0.3 is 19.9 Å². The van der Waals surface area contributed by atoms with Gasteiger partial charge in [-0.1, -0.05) is 43.2 Å². The van der Waals surface area contributed by atoms with Crippen LogP contribution in [0, 0.1) is 15.5 Å². The van der Waals surface area contributed by atoms with E-state index in [0.717, 1.165) is 67.1 Å². The summed E-state index contributed by atoms with van der Waals surface area (Å²) in [6.07, 6.45) is 6.92. The third-order valence-corrected chi connectivity index (χ3v) is 15.3. The molecule has 2 saturated heterocycles. The zero-order chi connectivity index (χ0) is 43.8. The highest BCUT2D eigenvalue weighted by Crippen LogP contribution is 2.43. The number of aromatic nitrogens is 2. The summed E-state index contributed by atoms with van der Waals surface area (Å²) >= 11 is 6.23. The van der Waals surface area contributed by atoms with Crippen molar-refractivity contribution in [3.8, 4) is 11.5 Å². The summed E-state index contributed by atoms with van der Waals surface area (Å²) in [5, 5.41) is 16.6. The van der Waals surface area contributed by atoms with Gasteiger partial charge in [0.15, 0.2) is 0 Å². The number of sulfonamides is 1. The van der Waals surface area contributed by atoms with E-state index in [1.165, 1.54) is 35.0 Å². The number of nitrogens with zero attached hydrogens (tertiary/aromatic N) is 4. The number of allylic oxidation sites excluding steroid dienone is 1. The first-order chi connectivity index (χ1) is 29.5. The lowest BCUT2D eigenvalue weighted by atomic mass is 9.72. The van der Waals surface area contributed by atoms with Gasteiger partial charge in [0.1, 0.15) is 32.7 Å². The van der Waals surface area contributed by atoms with Crippen molar-refractivity contribution in [2.45, 2.75) is 56.9 Å². The van der Waals surface area contributed by atoms with Gasteiger partial charge in [-0.3, -0.25) is 19.8 Å². The van der Waals surface area contributed by atoms with Crippen LogP contribution in [0.5, 0.6) is 11.5 Å². The summed E-state index contributed by atoms with van der Waals surface area (Å²) in [7, 11) is -7.79. The third-order valence-electron chi connectivity index (χ3n) is 12.0. The Morgan fingerprint density at radius 3 is 2.48 bits per heavy atom. The molecule has 0 radical (unpaired) electrons. The molecular weight excluding hydrogens is 854 g/mol. The Labute approximate surface area is 365 Å². The molecule has 2 aromatic heterocycles. The number of benzene rings is 3. The summed E-state index contributed by atoms with van der Waals surface area (Å²) < 4.78 is 59.5. The van der Waals surface area contributed by atoms with E-state index in [2.05, 4.69) is 55.8 Å². The Hall–Kier alpha value is -5.49. The molecule has 1 amide bonds. The molecule has 4 heterocycles. The van der Waals surface area contributed by atoms with E-state index >= 15 is 0 Å². The summed E-state index contributed by atoms with van der Waals surface area (Å²) in [5.41, 5.74) is 5.14.